The first kappa shape index (κ1) is 54.0. The van der Waals surface area contributed by atoms with E-state index in [1.807, 2.05) is 92.7 Å². The van der Waals surface area contributed by atoms with E-state index in [1.54, 1.807) is 12.3 Å². The van der Waals surface area contributed by atoms with E-state index in [0.29, 0.717) is 5.69 Å². The zero-order chi connectivity index (χ0) is 48.2. The molecule has 4 rings (SSSR count). The average Bonchev–Trinajstić information content (AvgIpc) is 3.84. The van der Waals surface area contributed by atoms with E-state index in [2.05, 4.69) is 38.2 Å². The van der Waals surface area contributed by atoms with Gasteiger partial charge in [0.25, 0.3) is 0 Å². The maximum absolute atomic E-state index is 14.3. The van der Waals surface area contributed by atoms with Crippen molar-refractivity contribution in [2.75, 3.05) is 6.61 Å². The molecule has 0 fully saturated rings. The van der Waals surface area contributed by atoms with Gasteiger partial charge in [0.15, 0.2) is 0 Å². The third kappa shape index (κ3) is 20.5. The van der Waals surface area contributed by atoms with Gasteiger partial charge in [0.05, 0.1) is 49.3 Å². The van der Waals surface area contributed by atoms with Gasteiger partial charge in [0.2, 0.25) is 17.7 Å². The fourth-order valence-corrected chi connectivity index (χ4v) is 8.14. The van der Waals surface area contributed by atoms with Gasteiger partial charge in [-0.15, -0.1) is 0 Å². The monoisotopic (exact) mass is 925 g/mol. The predicted molar refractivity (Wildman–Crippen MR) is 263 cm³/mol. The molecule has 6 atom stereocenters. The Kier molecular flexibility index (Phi) is 24.7. The average molecular weight is 925 g/mol. The van der Waals surface area contributed by atoms with Gasteiger partial charge in [0.1, 0.15) is 18.7 Å². The van der Waals surface area contributed by atoms with E-state index in [1.165, 1.54) is 64.1 Å². The van der Waals surface area contributed by atoms with Crippen LogP contribution in [-0.4, -0.2) is 92.1 Å². The largest absolute Gasteiger partial charge is 0.445 e. The van der Waals surface area contributed by atoms with E-state index in [4.69, 9.17) is 4.74 Å². The normalized spacial score (nSPS) is 14.3. The van der Waals surface area contributed by atoms with Crippen LogP contribution in [0.1, 0.15) is 127 Å². The standard InChI is InChI=1S/C53H76N6O8/c1-4-5-6-7-8-9-10-11-12-13-14-15-19-29-48(61)47(35-60)56-50(63)33-49(62)44(30-38(2)3)57-52(65)46(32-42-34-54-37-55-42)58-51(64)45(59-53(66)67-36-39-23-17-16-18-24-39)31-41-27-22-26-40-25-20-21-28-43(40)41/h16-29,34,37-38,44-49,60-62H,4-15,30-33,35-36H2,1-3H3,(H,54,55)(H,56,63)(H,57,65)(H,58,64)(H,59,66)/t44-,45-,46-,47?,48?,49-/m0/s1. The Labute approximate surface area is 397 Å². The molecule has 0 aliphatic carbocycles. The minimum absolute atomic E-state index is 0.0176. The number of amides is 4. The van der Waals surface area contributed by atoms with Crippen molar-refractivity contribution in [1.29, 1.82) is 0 Å². The van der Waals surface area contributed by atoms with Gasteiger partial charge in [-0.05, 0) is 47.1 Å². The number of aromatic nitrogens is 2. The highest BCUT2D eigenvalue weighted by Crippen LogP contribution is 2.21. The molecule has 14 heteroatoms. The number of nitrogens with zero attached hydrogens (tertiary/aromatic N) is 1. The van der Waals surface area contributed by atoms with Crippen molar-refractivity contribution in [3.63, 3.8) is 0 Å². The molecule has 67 heavy (non-hydrogen) atoms. The van der Waals surface area contributed by atoms with Crippen molar-refractivity contribution in [2.24, 2.45) is 5.92 Å². The van der Waals surface area contributed by atoms with Crippen molar-refractivity contribution < 1.29 is 39.2 Å². The number of carbonyl (C=O) groups is 4. The van der Waals surface area contributed by atoms with E-state index in [-0.39, 0.29) is 31.8 Å². The molecular weight excluding hydrogens is 849 g/mol. The topological polar surface area (TPSA) is 215 Å². The molecule has 0 aliphatic rings. The summed E-state index contributed by atoms with van der Waals surface area (Å²) >= 11 is 0. The van der Waals surface area contributed by atoms with Gasteiger partial charge in [0, 0.05) is 19.0 Å². The number of aliphatic hydroxyl groups excluding tert-OH is 3. The summed E-state index contributed by atoms with van der Waals surface area (Å²) in [6.45, 7) is 5.52. The summed E-state index contributed by atoms with van der Waals surface area (Å²) < 4.78 is 5.50. The summed E-state index contributed by atoms with van der Waals surface area (Å²) in [4.78, 5) is 62.2. The molecule has 366 valence electrons. The number of alkyl carbamates (subject to hydrolysis) is 1. The number of aromatic amines is 1. The Morgan fingerprint density at radius 2 is 1.37 bits per heavy atom. The fraction of sp³-hybridized carbons (Fsp3) is 0.528. The first-order valence-electron chi connectivity index (χ1n) is 24.4. The number of fused-ring (bicyclic) bond motifs is 1. The molecule has 1 aromatic heterocycles. The summed E-state index contributed by atoms with van der Waals surface area (Å²) in [6.07, 6.45) is 17.5. The van der Waals surface area contributed by atoms with Crippen LogP contribution in [0, 0.1) is 5.92 Å². The Hall–Kier alpha value is -5.57. The lowest BCUT2D eigenvalue weighted by Gasteiger charge is -2.29. The Balaban J connectivity index is 1.38. The van der Waals surface area contributed by atoms with Gasteiger partial charge in [-0.3, -0.25) is 14.4 Å². The van der Waals surface area contributed by atoms with E-state index in [9.17, 15) is 34.5 Å². The highest BCUT2D eigenvalue weighted by atomic mass is 16.5. The number of imidazole rings is 1. The highest BCUT2D eigenvalue weighted by molar-refractivity contribution is 5.93. The minimum Gasteiger partial charge on any atom is -0.445 e. The van der Waals surface area contributed by atoms with Crippen molar-refractivity contribution in [3.05, 3.63) is 114 Å². The van der Waals surface area contributed by atoms with Crippen LogP contribution in [0.4, 0.5) is 4.79 Å². The smallest absolute Gasteiger partial charge is 0.408 e. The fourth-order valence-electron chi connectivity index (χ4n) is 8.14. The Morgan fingerprint density at radius 1 is 0.731 bits per heavy atom. The molecular formula is C53H76N6O8. The first-order chi connectivity index (χ1) is 32.5. The second-order valence-electron chi connectivity index (χ2n) is 18.0. The number of H-pyrrole nitrogens is 1. The van der Waals surface area contributed by atoms with Crippen LogP contribution in [0.2, 0.25) is 0 Å². The molecule has 2 unspecified atom stereocenters. The summed E-state index contributed by atoms with van der Waals surface area (Å²) in [7, 11) is 0. The molecule has 0 saturated carbocycles. The number of allylic oxidation sites excluding steroid dienone is 1. The molecule has 8 N–H and O–H groups in total. The predicted octanol–water partition coefficient (Wildman–Crippen LogP) is 7.51. The molecule has 0 bridgehead atoms. The van der Waals surface area contributed by atoms with Gasteiger partial charge < -0.3 is 46.3 Å². The molecule has 0 radical (unpaired) electrons. The maximum atomic E-state index is 14.3. The quantitative estimate of drug-likeness (QED) is 0.0180. The molecule has 14 nitrogen and oxygen atoms in total. The van der Waals surface area contributed by atoms with Crippen molar-refractivity contribution in [2.45, 2.75) is 166 Å². The number of nitrogens with one attached hydrogen (secondary N) is 5. The van der Waals surface area contributed by atoms with Gasteiger partial charge in [-0.2, -0.15) is 0 Å². The first-order valence-corrected chi connectivity index (χ1v) is 24.4. The number of benzene rings is 3. The molecule has 0 spiro atoms. The van der Waals surface area contributed by atoms with Crippen LogP contribution in [-0.2, 0) is 38.6 Å². The van der Waals surface area contributed by atoms with Gasteiger partial charge in [-0.25, -0.2) is 9.78 Å². The second-order valence-corrected chi connectivity index (χ2v) is 18.0. The third-order valence-corrected chi connectivity index (χ3v) is 11.9. The maximum Gasteiger partial charge on any atom is 0.408 e. The van der Waals surface area contributed by atoms with Crippen LogP contribution < -0.4 is 21.3 Å². The zero-order valence-electron chi connectivity index (χ0n) is 39.8. The number of rotatable bonds is 32. The summed E-state index contributed by atoms with van der Waals surface area (Å²) in [6, 6.07) is 18.3. The summed E-state index contributed by atoms with van der Waals surface area (Å²) in [5.41, 5.74) is 2.03. The summed E-state index contributed by atoms with van der Waals surface area (Å²) in [5.74, 6) is -1.92. The molecule has 0 aliphatic heterocycles. The minimum atomic E-state index is -1.36. The molecule has 3 aromatic carbocycles. The molecule has 0 saturated heterocycles. The van der Waals surface area contributed by atoms with Crippen LogP contribution in [0.5, 0.6) is 0 Å². The van der Waals surface area contributed by atoms with E-state index >= 15 is 0 Å². The van der Waals surface area contributed by atoms with Crippen LogP contribution in [0.15, 0.2) is 97.5 Å². The number of hydrogen-bond acceptors (Lipinski definition) is 9. The Morgan fingerprint density at radius 3 is 2.04 bits per heavy atom. The van der Waals surface area contributed by atoms with Crippen molar-refractivity contribution >= 4 is 34.6 Å². The number of aliphatic hydroxyl groups is 3. The number of carbonyl (C=O) groups excluding carboxylic acids is 4. The van der Waals surface area contributed by atoms with Gasteiger partial charge >= 0.3 is 6.09 Å². The number of hydrogen-bond donors (Lipinski definition) is 8. The molecule has 4 amide bonds. The lowest BCUT2D eigenvalue weighted by atomic mass is 9.96. The van der Waals surface area contributed by atoms with Crippen LogP contribution >= 0.6 is 0 Å². The zero-order valence-corrected chi connectivity index (χ0v) is 39.8. The van der Waals surface area contributed by atoms with Gasteiger partial charge in [-0.1, -0.05) is 170 Å². The number of unbranched alkanes of at least 4 members (excludes halogenated alkanes) is 11. The number of ether oxygens (including phenoxy) is 1. The van der Waals surface area contributed by atoms with Crippen LogP contribution in [0.3, 0.4) is 0 Å². The van der Waals surface area contributed by atoms with Crippen LogP contribution in [0.25, 0.3) is 10.8 Å². The SMILES string of the molecule is CCCCCCCCCCCCCC=CC(O)C(CO)NC(=O)C[C@H](O)[C@H](CC(C)C)NC(=O)[C@H](Cc1c[nH]cn1)NC(=O)[C@H](Cc1cccc2ccccc12)NC(=O)OCc1ccccc1. The Bertz CT molecular complexity index is 2060. The van der Waals surface area contributed by atoms with Crippen molar-refractivity contribution in [3.8, 4) is 0 Å². The second kappa shape index (κ2) is 30.7. The van der Waals surface area contributed by atoms with E-state index < -0.39 is 73.2 Å². The lowest BCUT2D eigenvalue weighted by molar-refractivity contribution is -0.131. The molecule has 4 aromatic rings. The third-order valence-electron chi connectivity index (χ3n) is 11.9. The molecule has 1 heterocycles. The highest BCUT2D eigenvalue weighted by Gasteiger charge is 2.32. The lowest BCUT2D eigenvalue weighted by Crippen LogP contribution is -2.57. The van der Waals surface area contributed by atoms with Crippen molar-refractivity contribution in [1.82, 2.24) is 31.2 Å². The summed E-state index contributed by atoms with van der Waals surface area (Å²) in [5, 5.41) is 45.2. The van der Waals surface area contributed by atoms with E-state index in [0.717, 1.165) is 41.2 Å².